The van der Waals surface area contributed by atoms with Gasteiger partial charge in [-0.1, -0.05) is 0 Å². The number of nitrogens with zero attached hydrogens (tertiary/aromatic N) is 1. The molecular weight excluding hydrogens is 356 g/mol. The second kappa shape index (κ2) is 8.93. The quantitative estimate of drug-likeness (QED) is 0.782. The Hall–Kier alpha value is -1.50. The monoisotopic (exact) mass is 384 g/mol. The van der Waals surface area contributed by atoms with Gasteiger partial charge in [0.1, 0.15) is 0 Å². The van der Waals surface area contributed by atoms with Crippen LogP contribution in [-0.2, 0) is 9.53 Å². The molecule has 2 aliphatic rings. The Morgan fingerprint density at radius 1 is 1.19 bits per heavy atom. The van der Waals surface area contributed by atoms with Gasteiger partial charge in [0.25, 0.3) is 0 Å². The highest BCUT2D eigenvalue weighted by Gasteiger charge is 2.58. The number of anilines is 1. The van der Waals surface area contributed by atoms with Crippen molar-refractivity contribution in [3.63, 3.8) is 0 Å². The number of carbonyl (C=O) groups is 1. The summed E-state index contributed by atoms with van der Waals surface area (Å²) in [5, 5.41) is 3.39. The van der Waals surface area contributed by atoms with Crippen LogP contribution in [-0.4, -0.2) is 53.5 Å². The van der Waals surface area contributed by atoms with Crippen LogP contribution < -0.4 is 19.7 Å². The molecule has 1 amide bonds. The van der Waals surface area contributed by atoms with Crippen molar-refractivity contribution < 1.29 is 19.0 Å². The fourth-order valence-electron chi connectivity index (χ4n) is 3.90. The normalized spacial score (nSPS) is 20.2. The maximum absolute atomic E-state index is 13.2. The van der Waals surface area contributed by atoms with Crippen LogP contribution >= 0.6 is 12.4 Å². The van der Waals surface area contributed by atoms with Crippen molar-refractivity contribution in [2.45, 2.75) is 19.3 Å². The minimum Gasteiger partial charge on any atom is -0.493 e. The smallest absolute Gasteiger partial charge is 0.230 e. The summed E-state index contributed by atoms with van der Waals surface area (Å²) in [7, 11) is 4.87. The highest BCUT2D eigenvalue weighted by molar-refractivity contribution is 5.97. The van der Waals surface area contributed by atoms with Crippen LogP contribution in [0.1, 0.15) is 19.3 Å². The first kappa shape index (κ1) is 20.8. The van der Waals surface area contributed by atoms with Crippen LogP contribution in [0.4, 0.5) is 5.69 Å². The van der Waals surface area contributed by atoms with Crippen molar-refractivity contribution in [2.75, 3.05) is 52.5 Å². The van der Waals surface area contributed by atoms with E-state index in [1.807, 2.05) is 23.1 Å². The molecule has 1 aromatic carbocycles. The number of rotatable bonds is 7. The molecule has 0 bridgehead atoms. The number of benzene rings is 1. The Balaban J connectivity index is 0.00000243. The third kappa shape index (κ3) is 4.08. The molecule has 7 heteroatoms. The van der Waals surface area contributed by atoms with Crippen LogP contribution in [0.2, 0.25) is 0 Å². The minimum absolute atomic E-state index is 0. The molecule has 26 heavy (non-hydrogen) atoms. The van der Waals surface area contributed by atoms with E-state index >= 15 is 0 Å². The van der Waals surface area contributed by atoms with Crippen molar-refractivity contribution in [3.05, 3.63) is 18.2 Å². The maximum atomic E-state index is 13.2. The lowest BCUT2D eigenvalue weighted by molar-refractivity contribution is -0.120. The van der Waals surface area contributed by atoms with Gasteiger partial charge in [-0.3, -0.25) is 4.79 Å². The van der Waals surface area contributed by atoms with Gasteiger partial charge < -0.3 is 24.4 Å². The largest absolute Gasteiger partial charge is 0.493 e. The van der Waals surface area contributed by atoms with Gasteiger partial charge in [0, 0.05) is 31.3 Å². The molecule has 1 aliphatic heterocycles. The van der Waals surface area contributed by atoms with Crippen LogP contribution in [0.25, 0.3) is 0 Å². The van der Waals surface area contributed by atoms with E-state index in [-0.39, 0.29) is 29.6 Å². The van der Waals surface area contributed by atoms with Gasteiger partial charge in [-0.25, -0.2) is 0 Å². The van der Waals surface area contributed by atoms with E-state index in [1.165, 1.54) is 0 Å². The fraction of sp³-hybridized carbons (Fsp3) is 0.632. The van der Waals surface area contributed by atoms with E-state index in [0.29, 0.717) is 24.7 Å². The van der Waals surface area contributed by atoms with E-state index < -0.39 is 0 Å². The number of hydrogen-bond acceptors (Lipinski definition) is 5. The van der Waals surface area contributed by atoms with Crippen molar-refractivity contribution in [3.8, 4) is 11.5 Å². The van der Waals surface area contributed by atoms with Gasteiger partial charge in [0.05, 0.1) is 20.8 Å². The molecule has 1 unspecified atom stereocenters. The summed E-state index contributed by atoms with van der Waals surface area (Å²) in [5.41, 5.74) is 1.04. The van der Waals surface area contributed by atoms with Gasteiger partial charge in [-0.15, -0.1) is 12.4 Å². The number of ether oxygens (including phenoxy) is 3. The number of carbonyl (C=O) groups excluding carboxylic acids is 1. The molecule has 1 saturated carbocycles. The van der Waals surface area contributed by atoms with Gasteiger partial charge >= 0.3 is 0 Å². The molecular formula is C19H29ClN2O4. The predicted molar refractivity (Wildman–Crippen MR) is 104 cm³/mol. The van der Waals surface area contributed by atoms with Gasteiger partial charge in [-0.05, 0) is 49.9 Å². The zero-order valence-corrected chi connectivity index (χ0v) is 16.6. The molecule has 146 valence electrons. The SMILES string of the molecule is COCCN(C(=O)C1CC12CCNCC2)c1ccc(OC)c(OC)c1.Cl. The van der Waals surface area contributed by atoms with E-state index in [9.17, 15) is 4.79 Å². The van der Waals surface area contributed by atoms with Crippen LogP contribution in [0.15, 0.2) is 18.2 Å². The summed E-state index contributed by atoms with van der Waals surface area (Å²) in [6.07, 6.45) is 3.19. The zero-order chi connectivity index (χ0) is 17.9. The lowest BCUT2D eigenvalue weighted by Crippen LogP contribution is -2.38. The molecule has 0 radical (unpaired) electrons. The average Bonchev–Trinajstić information content (AvgIpc) is 3.34. The number of amides is 1. The second-order valence-corrected chi connectivity index (χ2v) is 6.89. The van der Waals surface area contributed by atoms with E-state index in [1.54, 1.807) is 21.3 Å². The molecule has 3 rings (SSSR count). The lowest BCUT2D eigenvalue weighted by Gasteiger charge is -2.27. The molecule has 1 aromatic rings. The molecule has 1 atom stereocenters. The number of nitrogens with one attached hydrogen (secondary N) is 1. The fourth-order valence-corrected chi connectivity index (χ4v) is 3.90. The Labute approximate surface area is 161 Å². The van der Waals surface area contributed by atoms with Crippen LogP contribution in [0.3, 0.4) is 0 Å². The van der Waals surface area contributed by atoms with E-state index in [4.69, 9.17) is 14.2 Å². The Morgan fingerprint density at radius 3 is 2.50 bits per heavy atom. The number of piperidine rings is 1. The molecule has 2 fully saturated rings. The molecule has 1 heterocycles. The second-order valence-electron chi connectivity index (χ2n) is 6.89. The molecule has 6 nitrogen and oxygen atoms in total. The molecule has 1 saturated heterocycles. The minimum atomic E-state index is 0. The Bertz CT molecular complexity index is 620. The highest BCUT2D eigenvalue weighted by Crippen LogP contribution is 2.59. The first-order valence-corrected chi connectivity index (χ1v) is 8.88. The summed E-state index contributed by atoms with van der Waals surface area (Å²) >= 11 is 0. The molecule has 1 N–H and O–H groups in total. The summed E-state index contributed by atoms with van der Waals surface area (Å²) in [5.74, 6) is 1.61. The highest BCUT2D eigenvalue weighted by atomic mass is 35.5. The number of halogens is 1. The summed E-state index contributed by atoms with van der Waals surface area (Å²) in [4.78, 5) is 15.1. The standard InChI is InChI=1S/C19H28N2O4.ClH/c1-23-11-10-21(14-4-5-16(24-2)17(12-14)25-3)18(22)15-13-19(15)6-8-20-9-7-19;/h4-5,12,15,20H,6-11,13H2,1-3H3;1H. The first-order chi connectivity index (χ1) is 12.1. The predicted octanol–water partition coefficient (Wildman–Crippen LogP) is 2.49. The van der Waals surface area contributed by atoms with Crippen molar-refractivity contribution >= 4 is 24.0 Å². The first-order valence-electron chi connectivity index (χ1n) is 8.88. The number of methoxy groups -OCH3 is 3. The van der Waals surface area contributed by atoms with Crippen molar-refractivity contribution in [2.24, 2.45) is 11.3 Å². The topological polar surface area (TPSA) is 60.0 Å². The van der Waals surface area contributed by atoms with E-state index in [2.05, 4.69) is 5.32 Å². The summed E-state index contributed by atoms with van der Waals surface area (Å²) < 4.78 is 15.9. The van der Waals surface area contributed by atoms with Gasteiger partial charge in [0.15, 0.2) is 11.5 Å². The zero-order valence-electron chi connectivity index (χ0n) is 15.7. The van der Waals surface area contributed by atoms with Crippen molar-refractivity contribution in [1.82, 2.24) is 5.32 Å². The summed E-state index contributed by atoms with van der Waals surface area (Å²) in [6.45, 7) is 3.06. The van der Waals surface area contributed by atoms with Gasteiger partial charge in [-0.2, -0.15) is 0 Å². The maximum Gasteiger partial charge on any atom is 0.230 e. The Morgan fingerprint density at radius 2 is 1.88 bits per heavy atom. The lowest BCUT2D eigenvalue weighted by atomic mass is 9.91. The van der Waals surface area contributed by atoms with Gasteiger partial charge in [0.2, 0.25) is 5.91 Å². The van der Waals surface area contributed by atoms with Crippen LogP contribution in [0.5, 0.6) is 11.5 Å². The molecule has 1 spiro atoms. The van der Waals surface area contributed by atoms with Crippen molar-refractivity contribution in [1.29, 1.82) is 0 Å². The molecule has 1 aliphatic carbocycles. The molecule has 0 aromatic heterocycles. The summed E-state index contributed by atoms with van der Waals surface area (Å²) in [6, 6.07) is 5.62. The number of hydrogen-bond donors (Lipinski definition) is 1. The average molecular weight is 385 g/mol. The third-order valence-corrected chi connectivity index (χ3v) is 5.55. The van der Waals surface area contributed by atoms with Crippen LogP contribution in [0, 0.1) is 11.3 Å². The Kier molecular flexibility index (Phi) is 7.15. The third-order valence-electron chi connectivity index (χ3n) is 5.55. The van der Waals surface area contributed by atoms with E-state index in [0.717, 1.165) is 38.0 Å².